The Morgan fingerprint density at radius 1 is 1.33 bits per heavy atom. The zero-order valence-corrected chi connectivity index (χ0v) is 11.4. The predicted octanol–water partition coefficient (Wildman–Crippen LogP) is 2.49. The lowest BCUT2D eigenvalue weighted by atomic mass is 10.1. The summed E-state index contributed by atoms with van der Waals surface area (Å²) >= 11 is 0. The van der Waals surface area contributed by atoms with Gasteiger partial charge in [0.25, 0.3) is 0 Å². The molecule has 4 N–H and O–H groups in total. The van der Waals surface area contributed by atoms with E-state index in [4.69, 9.17) is 10.5 Å². The second-order valence-corrected chi connectivity index (χ2v) is 4.89. The highest BCUT2D eigenvalue weighted by Crippen LogP contribution is 2.22. The number of nitrogens with one attached hydrogen (secondary N) is 1. The molecule has 1 aromatic carbocycles. The highest BCUT2D eigenvalue weighted by atomic mass is 16.5. The van der Waals surface area contributed by atoms with Crippen LogP contribution in [0.2, 0.25) is 0 Å². The van der Waals surface area contributed by atoms with Gasteiger partial charge in [-0.3, -0.25) is 0 Å². The van der Waals surface area contributed by atoms with Crippen molar-refractivity contribution in [3.05, 3.63) is 18.2 Å². The van der Waals surface area contributed by atoms with E-state index in [1.807, 2.05) is 19.1 Å². The van der Waals surface area contributed by atoms with Crippen LogP contribution in [0.1, 0.15) is 27.2 Å². The van der Waals surface area contributed by atoms with Crippen LogP contribution >= 0.6 is 0 Å². The van der Waals surface area contributed by atoms with Gasteiger partial charge in [-0.05, 0) is 25.3 Å². The molecule has 1 rings (SSSR count). The summed E-state index contributed by atoms with van der Waals surface area (Å²) < 4.78 is 5.42. The Labute approximate surface area is 109 Å². The Hall–Kier alpha value is -1.42. The Balaban J connectivity index is 2.56. The van der Waals surface area contributed by atoms with E-state index in [0.717, 1.165) is 17.9 Å². The van der Waals surface area contributed by atoms with Crippen molar-refractivity contribution in [3.63, 3.8) is 0 Å². The summed E-state index contributed by atoms with van der Waals surface area (Å²) in [6, 6.07) is 5.52. The molecule has 0 saturated heterocycles. The number of hydrogen-bond donors (Lipinski definition) is 3. The van der Waals surface area contributed by atoms with Crippen molar-refractivity contribution in [1.82, 2.24) is 0 Å². The lowest BCUT2D eigenvalue weighted by Gasteiger charge is -2.15. The van der Waals surface area contributed by atoms with E-state index in [-0.39, 0.29) is 6.10 Å². The summed E-state index contributed by atoms with van der Waals surface area (Å²) in [5.41, 5.74) is 7.32. The van der Waals surface area contributed by atoms with Crippen molar-refractivity contribution in [1.29, 1.82) is 0 Å². The molecule has 18 heavy (non-hydrogen) atoms. The van der Waals surface area contributed by atoms with Crippen molar-refractivity contribution in [2.45, 2.75) is 33.3 Å². The van der Waals surface area contributed by atoms with Gasteiger partial charge in [0.2, 0.25) is 0 Å². The predicted molar refractivity (Wildman–Crippen MR) is 76.0 cm³/mol. The number of benzene rings is 1. The van der Waals surface area contributed by atoms with E-state index in [0.29, 0.717) is 24.8 Å². The Morgan fingerprint density at radius 3 is 2.67 bits per heavy atom. The van der Waals surface area contributed by atoms with Crippen molar-refractivity contribution in [2.75, 3.05) is 24.2 Å². The molecule has 1 unspecified atom stereocenters. The lowest BCUT2D eigenvalue weighted by molar-refractivity contribution is 0.161. The van der Waals surface area contributed by atoms with E-state index >= 15 is 0 Å². The number of anilines is 2. The normalized spacial score (nSPS) is 12.5. The maximum Gasteiger partial charge on any atom is 0.123 e. The maximum absolute atomic E-state index is 9.80. The van der Waals surface area contributed by atoms with Crippen LogP contribution < -0.4 is 15.8 Å². The fourth-order valence-electron chi connectivity index (χ4n) is 1.84. The number of ether oxygens (including phenoxy) is 1. The standard InChI is InChI=1S/C14H24N2O2/c1-4-18-14-7-11(15)6-12(8-14)16-9-13(17)5-10(2)3/h6-8,10,13,16-17H,4-5,9,15H2,1-3H3. The maximum atomic E-state index is 9.80. The van der Waals surface area contributed by atoms with Gasteiger partial charge in [-0.15, -0.1) is 0 Å². The van der Waals surface area contributed by atoms with Crippen LogP contribution in [-0.2, 0) is 0 Å². The number of aliphatic hydroxyl groups is 1. The van der Waals surface area contributed by atoms with E-state index in [2.05, 4.69) is 19.2 Å². The number of nitrogens with two attached hydrogens (primary N) is 1. The molecule has 0 saturated carbocycles. The Morgan fingerprint density at radius 2 is 2.06 bits per heavy atom. The molecular formula is C14H24N2O2. The highest BCUT2D eigenvalue weighted by molar-refractivity contribution is 5.59. The third-order valence-electron chi connectivity index (χ3n) is 2.53. The van der Waals surface area contributed by atoms with Gasteiger partial charge in [0.15, 0.2) is 0 Å². The van der Waals surface area contributed by atoms with E-state index < -0.39 is 0 Å². The monoisotopic (exact) mass is 252 g/mol. The second-order valence-electron chi connectivity index (χ2n) is 4.89. The molecule has 0 aliphatic heterocycles. The van der Waals surface area contributed by atoms with Gasteiger partial charge < -0.3 is 20.9 Å². The fraction of sp³-hybridized carbons (Fsp3) is 0.571. The minimum Gasteiger partial charge on any atom is -0.494 e. The number of aliphatic hydroxyl groups excluding tert-OH is 1. The molecule has 0 bridgehead atoms. The Kier molecular flexibility index (Phi) is 5.78. The van der Waals surface area contributed by atoms with Gasteiger partial charge in [0, 0.05) is 30.1 Å². The fourth-order valence-corrected chi connectivity index (χ4v) is 1.84. The summed E-state index contributed by atoms with van der Waals surface area (Å²) in [7, 11) is 0. The second kappa shape index (κ2) is 7.11. The first-order valence-electron chi connectivity index (χ1n) is 6.46. The molecule has 1 atom stereocenters. The molecular weight excluding hydrogens is 228 g/mol. The summed E-state index contributed by atoms with van der Waals surface area (Å²) in [6.45, 7) is 7.25. The van der Waals surface area contributed by atoms with Crippen LogP contribution in [0.25, 0.3) is 0 Å². The lowest BCUT2D eigenvalue weighted by Crippen LogP contribution is -2.21. The van der Waals surface area contributed by atoms with Gasteiger partial charge in [-0.25, -0.2) is 0 Å². The molecule has 0 fully saturated rings. The van der Waals surface area contributed by atoms with Crippen molar-refractivity contribution in [2.24, 2.45) is 5.92 Å². The quantitative estimate of drug-likeness (QED) is 0.652. The van der Waals surface area contributed by atoms with Crippen LogP contribution in [-0.4, -0.2) is 24.4 Å². The molecule has 0 aliphatic carbocycles. The van der Waals surface area contributed by atoms with Crippen molar-refractivity contribution < 1.29 is 9.84 Å². The van der Waals surface area contributed by atoms with Crippen LogP contribution in [0.5, 0.6) is 5.75 Å². The first-order valence-corrected chi connectivity index (χ1v) is 6.46. The van der Waals surface area contributed by atoms with Crippen LogP contribution in [0.15, 0.2) is 18.2 Å². The third kappa shape index (κ3) is 5.27. The van der Waals surface area contributed by atoms with Gasteiger partial charge in [0.05, 0.1) is 12.7 Å². The molecule has 0 radical (unpaired) electrons. The minimum absolute atomic E-state index is 0.345. The summed E-state index contributed by atoms with van der Waals surface area (Å²) in [4.78, 5) is 0. The van der Waals surface area contributed by atoms with E-state index in [9.17, 15) is 5.11 Å². The van der Waals surface area contributed by atoms with Crippen LogP contribution in [0, 0.1) is 5.92 Å². The molecule has 0 aromatic heterocycles. The molecule has 102 valence electrons. The van der Waals surface area contributed by atoms with Crippen LogP contribution in [0.3, 0.4) is 0 Å². The number of hydrogen-bond acceptors (Lipinski definition) is 4. The molecule has 1 aromatic rings. The minimum atomic E-state index is -0.345. The summed E-state index contributed by atoms with van der Waals surface area (Å²) in [6.07, 6.45) is 0.440. The molecule has 4 heteroatoms. The molecule has 0 aliphatic rings. The van der Waals surface area contributed by atoms with E-state index in [1.54, 1.807) is 6.07 Å². The molecule has 4 nitrogen and oxygen atoms in total. The number of rotatable bonds is 7. The summed E-state index contributed by atoms with van der Waals surface area (Å²) in [5, 5.41) is 13.0. The van der Waals surface area contributed by atoms with Crippen molar-refractivity contribution >= 4 is 11.4 Å². The molecule has 0 heterocycles. The zero-order valence-electron chi connectivity index (χ0n) is 11.4. The highest BCUT2D eigenvalue weighted by Gasteiger charge is 2.07. The summed E-state index contributed by atoms with van der Waals surface area (Å²) in [5.74, 6) is 1.24. The third-order valence-corrected chi connectivity index (χ3v) is 2.53. The van der Waals surface area contributed by atoms with Gasteiger partial charge in [0.1, 0.15) is 5.75 Å². The smallest absolute Gasteiger partial charge is 0.123 e. The molecule has 0 amide bonds. The average Bonchev–Trinajstić information content (AvgIpc) is 2.25. The van der Waals surface area contributed by atoms with Gasteiger partial charge in [-0.2, -0.15) is 0 Å². The largest absolute Gasteiger partial charge is 0.494 e. The van der Waals surface area contributed by atoms with E-state index in [1.165, 1.54) is 0 Å². The first kappa shape index (κ1) is 14.6. The SMILES string of the molecule is CCOc1cc(N)cc(NCC(O)CC(C)C)c1. The number of nitrogen functional groups attached to an aromatic ring is 1. The van der Waals surface area contributed by atoms with Gasteiger partial charge in [-0.1, -0.05) is 13.8 Å². The van der Waals surface area contributed by atoms with Crippen LogP contribution in [0.4, 0.5) is 11.4 Å². The Bertz CT molecular complexity index is 367. The zero-order chi connectivity index (χ0) is 13.5. The van der Waals surface area contributed by atoms with Crippen molar-refractivity contribution in [3.8, 4) is 5.75 Å². The molecule has 0 spiro atoms. The first-order chi connectivity index (χ1) is 8.51. The topological polar surface area (TPSA) is 67.5 Å². The average molecular weight is 252 g/mol. The van der Waals surface area contributed by atoms with Gasteiger partial charge >= 0.3 is 0 Å².